The molecule has 0 bridgehead atoms. The smallest absolute Gasteiger partial charge is 0.326 e. The van der Waals surface area contributed by atoms with Crippen molar-refractivity contribution in [1.82, 2.24) is 20.9 Å². The summed E-state index contributed by atoms with van der Waals surface area (Å²) in [5.41, 5.74) is 5.51. The van der Waals surface area contributed by atoms with E-state index in [0.717, 1.165) is 11.3 Å². The van der Waals surface area contributed by atoms with Gasteiger partial charge in [0.25, 0.3) is 0 Å². The minimum absolute atomic E-state index is 0.172. The quantitative estimate of drug-likeness (QED) is 0.188. The Bertz CT molecular complexity index is 710. The number of nitrogens with one attached hydrogen (secondary N) is 3. The highest BCUT2D eigenvalue weighted by Crippen LogP contribution is 2.19. The lowest BCUT2D eigenvalue weighted by atomic mass is 10.1. The molecule has 2 heterocycles. The zero-order valence-electron chi connectivity index (χ0n) is 18.0. The maximum Gasteiger partial charge on any atom is 0.326 e. The molecular formula is C20H33N5O7. The van der Waals surface area contributed by atoms with Crippen molar-refractivity contribution in [2.75, 3.05) is 19.6 Å². The van der Waals surface area contributed by atoms with Crippen LogP contribution in [-0.2, 0) is 24.0 Å². The van der Waals surface area contributed by atoms with E-state index < -0.39 is 54.3 Å². The van der Waals surface area contributed by atoms with Crippen molar-refractivity contribution in [3.8, 4) is 0 Å². The van der Waals surface area contributed by atoms with Gasteiger partial charge in [-0.1, -0.05) is 0 Å². The topological polar surface area (TPSA) is 191 Å². The van der Waals surface area contributed by atoms with Crippen molar-refractivity contribution < 1.29 is 34.2 Å². The van der Waals surface area contributed by atoms with Crippen LogP contribution in [0.1, 0.15) is 51.4 Å². The number of amides is 3. The average molecular weight is 456 g/mol. The summed E-state index contributed by atoms with van der Waals surface area (Å²) in [6, 6.07) is -3.85. The Kier molecular flexibility index (Phi) is 9.85. The Morgan fingerprint density at radius 2 is 1.78 bits per heavy atom. The fourth-order valence-corrected chi connectivity index (χ4v) is 4.08. The van der Waals surface area contributed by atoms with Gasteiger partial charge in [0.05, 0.1) is 12.5 Å². The number of aliphatic carboxylic acids is 2. The van der Waals surface area contributed by atoms with E-state index in [2.05, 4.69) is 16.0 Å². The van der Waals surface area contributed by atoms with Gasteiger partial charge in [-0.3, -0.25) is 19.2 Å². The first kappa shape index (κ1) is 25.5. The Labute approximate surface area is 186 Å². The van der Waals surface area contributed by atoms with Crippen molar-refractivity contribution in [2.45, 2.75) is 75.5 Å². The molecule has 0 aromatic rings. The van der Waals surface area contributed by atoms with Gasteiger partial charge in [-0.15, -0.1) is 0 Å². The van der Waals surface area contributed by atoms with Crippen LogP contribution in [0.5, 0.6) is 0 Å². The lowest BCUT2D eigenvalue weighted by molar-refractivity contribution is -0.150. The van der Waals surface area contributed by atoms with E-state index in [-0.39, 0.29) is 25.3 Å². The average Bonchev–Trinajstić information content (AvgIpc) is 3.43. The summed E-state index contributed by atoms with van der Waals surface area (Å²) in [6.07, 6.45) is 3.00. The Morgan fingerprint density at radius 1 is 1.03 bits per heavy atom. The van der Waals surface area contributed by atoms with Gasteiger partial charge in [-0.05, 0) is 58.0 Å². The third-order valence-electron chi connectivity index (χ3n) is 5.77. The molecule has 0 aromatic carbocycles. The van der Waals surface area contributed by atoms with Crippen LogP contribution in [0.4, 0.5) is 0 Å². The van der Waals surface area contributed by atoms with Gasteiger partial charge in [-0.2, -0.15) is 0 Å². The number of rotatable bonds is 12. The number of hydrogen-bond acceptors (Lipinski definition) is 7. The van der Waals surface area contributed by atoms with Crippen LogP contribution in [0.2, 0.25) is 0 Å². The molecule has 0 spiro atoms. The number of nitrogens with zero attached hydrogens (tertiary/aromatic N) is 1. The molecule has 180 valence electrons. The summed E-state index contributed by atoms with van der Waals surface area (Å²) in [6.45, 7) is 1.29. The highest BCUT2D eigenvalue weighted by atomic mass is 16.4. The van der Waals surface area contributed by atoms with Crippen molar-refractivity contribution in [3.63, 3.8) is 0 Å². The summed E-state index contributed by atoms with van der Waals surface area (Å²) in [7, 11) is 0. The lowest BCUT2D eigenvalue weighted by Crippen LogP contribution is -2.57. The van der Waals surface area contributed by atoms with Gasteiger partial charge in [0, 0.05) is 6.54 Å². The highest BCUT2D eigenvalue weighted by Gasteiger charge is 2.39. The van der Waals surface area contributed by atoms with Crippen LogP contribution in [0.25, 0.3) is 0 Å². The highest BCUT2D eigenvalue weighted by molar-refractivity contribution is 5.95. The molecule has 2 rings (SSSR count). The van der Waals surface area contributed by atoms with Gasteiger partial charge in [0.1, 0.15) is 18.1 Å². The van der Waals surface area contributed by atoms with E-state index in [1.165, 1.54) is 0 Å². The standard InChI is InChI=1S/C20H33N5O7/c21-8-2-1-5-13(23-17(28)12-6-3-9-22-12)18(29)24-14(11-16(26)27)19(30)25-10-4-7-15(25)20(31)32/h12-15,22H,1-11,21H2,(H,23,28)(H,24,29)(H,26,27)(H,31,32). The number of unbranched alkanes of at least 4 members (excludes halogenated alkanes) is 1. The Hall–Kier alpha value is -2.73. The number of carboxylic acids is 2. The molecule has 12 heteroatoms. The minimum atomic E-state index is -1.43. The molecule has 7 N–H and O–H groups in total. The molecule has 0 aliphatic carbocycles. The third-order valence-corrected chi connectivity index (χ3v) is 5.77. The fourth-order valence-electron chi connectivity index (χ4n) is 4.08. The van der Waals surface area contributed by atoms with Gasteiger partial charge in [0.15, 0.2) is 0 Å². The van der Waals surface area contributed by atoms with Crippen LogP contribution in [-0.4, -0.2) is 88.6 Å². The van der Waals surface area contributed by atoms with Crippen LogP contribution in [0.3, 0.4) is 0 Å². The van der Waals surface area contributed by atoms with Crippen molar-refractivity contribution in [2.24, 2.45) is 5.73 Å². The van der Waals surface area contributed by atoms with Gasteiger partial charge < -0.3 is 36.8 Å². The van der Waals surface area contributed by atoms with E-state index in [0.29, 0.717) is 38.8 Å². The van der Waals surface area contributed by atoms with Crippen LogP contribution < -0.4 is 21.7 Å². The SMILES string of the molecule is NCCCCC(NC(=O)C1CCCN1)C(=O)NC(CC(=O)O)C(=O)N1CCCC1C(=O)O. The molecule has 2 fully saturated rings. The van der Waals surface area contributed by atoms with E-state index in [9.17, 15) is 34.2 Å². The monoisotopic (exact) mass is 455 g/mol. The molecule has 0 aromatic heterocycles. The van der Waals surface area contributed by atoms with E-state index >= 15 is 0 Å². The second kappa shape index (κ2) is 12.3. The number of nitrogens with two attached hydrogens (primary N) is 1. The van der Waals surface area contributed by atoms with Crippen LogP contribution in [0, 0.1) is 0 Å². The predicted molar refractivity (Wildman–Crippen MR) is 112 cm³/mol. The van der Waals surface area contributed by atoms with E-state index in [4.69, 9.17) is 5.73 Å². The summed E-state index contributed by atoms with van der Waals surface area (Å²) in [4.78, 5) is 62.2. The Morgan fingerprint density at radius 3 is 2.38 bits per heavy atom. The fraction of sp³-hybridized carbons (Fsp3) is 0.750. The second-order valence-corrected chi connectivity index (χ2v) is 8.18. The number of likely N-dealkylation sites (tertiary alicyclic amines) is 1. The number of carbonyl (C=O) groups is 5. The molecule has 32 heavy (non-hydrogen) atoms. The molecule has 0 saturated carbocycles. The molecule has 2 aliphatic heterocycles. The summed E-state index contributed by atoms with van der Waals surface area (Å²) >= 11 is 0. The summed E-state index contributed by atoms with van der Waals surface area (Å²) < 4.78 is 0. The molecular weight excluding hydrogens is 422 g/mol. The molecule has 4 unspecified atom stereocenters. The molecule has 2 saturated heterocycles. The zero-order valence-corrected chi connectivity index (χ0v) is 18.0. The number of hydrogen-bond donors (Lipinski definition) is 6. The minimum Gasteiger partial charge on any atom is -0.481 e. The molecule has 2 aliphatic rings. The molecule has 0 radical (unpaired) electrons. The van der Waals surface area contributed by atoms with Crippen LogP contribution >= 0.6 is 0 Å². The first-order valence-corrected chi connectivity index (χ1v) is 11.0. The van der Waals surface area contributed by atoms with Crippen molar-refractivity contribution in [3.05, 3.63) is 0 Å². The zero-order chi connectivity index (χ0) is 23.7. The number of carboxylic acid groups (broad SMARTS) is 2. The maximum absolute atomic E-state index is 13.0. The van der Waals surface area contributed by atoms with Crippen molar-refractivity contribution >= 4 is 29.7 Å². The van der Waals surface area contributed by atoms with Crippen LogP contribution in [0.15, 0.2) is 0 Å². The van der Waals surface area contributed by atoms with Crippen molar-refractivity contribution in [1.29, 1.82) is 0 Å². The molecule has 12 nitrogen and oxygen atoms in total. The summed E-state index contributed by atoms with van der Waals surface area (Å²) in [5.74, 6) is -4.25. The Balaban J connectivity index is 2.11. The molecule has 3 amide bonds. The maximum atomic E-state index is 13.0. The first-order valence-electron chi connectivity index (χ1n) is 11.0. The molecule has 4 atom stereocenters. The van der Waals surface area contributed by atoms with Gasteiger partial charge >= 0.3 is 11.9 Å². The number of carbonyl (C=O) groups excluding carboxylic acids is 3. The second-order valence-electron chi connectivity index (χ2n) is 8.18. The van der Waals surface area contributed by atoms with Gasteiger partial charge in [-0.25, -0.2) is 4.79 Å². The lowest BCUT2D eigenvalue weighted by Gasteiger charge is -2.28. The first-order chi connectivity index (χ1) is 15.2. The summed E-state index contributed by atoms with van der Waals surface area (Å²) in [5, 5.41) is 26.7. The van der Waals surface area contributed by atoms with E-state index in [1.54, 1.807) is 0 Å². The van der Waals surface area contributed by atoms with E-state index in [1.807, 2.05) is 0 Å². The largest absolute Gasteiger partial charge is 0.481 e. The normalized spacial score (nSPS) is 22.2. The predicted octanol–water partition coefficient (Wildman–Crippen LogP) is -1.61. The van der Waals surface area contributed by atoms with Gasteiger partial charge in [0.2, 0.25) is 17.7 Å². The third kappa shape index (κ3) is 7.16.